The first kappa shape index (κ1) is 8.59. The first-order valence-corrected chi connectivity index (χ1v) is 3.28. The number of thiocarbonyl (C=S) groups is 1. The van der Waals surface area contributed by atoms with Crippen LogP contribution < -0.4 is 11.1 Å². The van der Waals surface area contributed by atoms with Crippen molar-refractivity contribution in [2.24, 2.45) is 5.73 Å². The van der Waals surface area contributed by atoms with Crippen LogP contribution in [0.15, 0.2) is 12.7 Å². The Kier molecular flexibility index (Phi) is 5.46. The summed E-state index contributed by atoms with van der Waals surface area (Å²) in [6.07, 6.45) is 2.57. The fraction of sp³-hybridized carbons (Fsp3) is 0.500. The molecule has 0 aromatic carbocycles. The number of nitrogens with two attached hydrogens (primary N) is 1. The summed E-state index contributed by atoms with van der Waals surface area (Å²) in [5, 5.41) is 3.08. The topological polar surface area (TPSA) is 38.0 Å². The highest BCUT2D eigenvalue weighted by atomic mass is 32.1. The monoisotopic (exact) mass is 144 g/mol. The van der Waals surface area contributed by atoms with E-state index in [4.69, 9.17) is 5.73 Å². The molecule has 0 aromatic heterocycles. The van der Waals surface area contributed by atoms with E-state index in [0.29, 0.717) is 4.99 Å². The second-order valence-electron chi connectivity index (χ2n) is 1.71. The molecule has 0 aliphatic carbocycles. The number of hydrogen-bond donors (Lipinski definition) is 2. The van der Waals surface area contributed by atoms with E-state index in [9.17, 15) is 0 Å². The Morgan fingerprint density at radius 3 is 2.89 bits per heavy atom. The van der Waals surface area contributed by atoms with Crippen molar-refractivity contribution >= 4 is 17.2 Å². The summed E-state index contributed by atoms with van der Waals surface area (Å²) in [6.45, 7) is 5.22. The Hall–Kier alpha value is -0.410. The van der Waals surface area contributed by atoms with Crippen molar-refractivity contribution in [3.05, 3.63) is 12.7 Å². The fourth-order valence-corrected chi connectivity index (χ4v) is 0.518. The maximum absolute atomic E-state index is 5.24. The van der Waals surface area contributed by atoms with Gasteiger partial charge in [0.25, 0.3) is 0 Å². The van der Waals surface area contributed by atoms with Crippen LogP contribution in [0.25, 0.3) is 0 Å². The summed E-state index contributed by atoms with van der Waals surface area (Å²) in [5.74, 6) is 0. The van der Waals surface area contributed by atoms with Gasteiger partial charge in [-0.15, -0.1) is 6.58 Å². The zero-order valence-corrected chi connectivity index (χ0v) is 6.21. The lowest BCUT2D eigenvalue weighted by atomic mass is 10.4. The lowest BCUT2D eigenvalue weighted by Gasteiger charge is -1.97. The van der Waals surface area contributed by atoms with Gasteiger partial charge in [-0.05, 0) is 0 Å². The average Bonchev–Trinajstić information content (AvgIpc) is 1.80. The lowest BCUT2D eigenvalue weighted by Crippen LogP contribution is -2.20. The maximum atomic E-state index is 5.24. The molecule has 3 N–H and O–H groups in total. The van der Waals surface area contributed by atoms with Gasteiger partial charge in [-0.1, -0.05) is 18.3 Å². The molecule has 0 rings (SSSR count). The van der Waals surface area contributed by atoms with Crippen LogP contribution in [0.5, 0.6) is 0 Å². The fourth-order valence-electron chi connectivity index (χ4n) is 0.416. The van der Waals surface area contributed by atoms with Crippen LogP contribution in [0.2, 0.25) is 0 Å². The molecular formula is C6H12N2S. The third kappa shape index (κ3) is 7.59. The van der Waals surface area contributed by atoms with Crippen molar-refractivity contribution in [1.82, 2.24) is 5.32 Å². The minimum atomic E-state index is 0.562. The Labute approximate surface area is 61.1 Å². The highest BCUT2D eigenvalue weighted by Gasteiger charge is 1.85. The van der Waals surface area contributed by atoms with Gasteiger partial charge in [-0.3, -0.25) is 0 Å². The third-order valence-electron chi connectivity index (χ3n) is 0.837. The van der Waals surface area contributed by atoms with E-state index in [1.165, 1.54) is 0 Å². The molecule has 9 heavy (non-hydrogen) atoms. The molecule has 0 radical (unpaired) electrons. The van der Waals surface area contributed by atoms with Crippen molar-refractivity contribution in [3.8, 4) is 0 Å². The molecule has 0 fully saturated rings. The van der Waals surface area contributed by atoms with Crippen LogP contribution in [0.1, 0.15) is 6.42 Å². The van der Waals surface area contributed by atoms with Crippen molar-refractivity contribution in [3.63, 3.8) is 0 Å². The predicted molar refractivity (Wildman–Crippen MR) is 44.5 cm³/mol. The standard InChI is InChI=1S/C6H12N2S/c1-2-4-8-5-3-6(7)9/h2,8H,1,3-5H2,(H2,7,9). The second kappa shape index (κ2) is 5.72. The van der Waals surface area contributed by atoms with Gasteiger partial charge < -0.3 is 11.1 Å². The number of nitrogens with one attached hydrogen (secondary N) is 1. The number of hydrogen-bond acceptors (Lipinski definition) is 2. The molecule has 0 unspecified atom stereocenters. The molecule has 0 aromatic rings. The van der Waals surface area contributed by atoms with Gasteiger partial charge in [-0.2, -0.15) is 0 Å². The summed E-state index contributed by atoms with van der Waals surface area (Å²) >= 11 is 4.66. The molecule has 0 saturated heterocycles. The summed E-state index contributed by atoms with van der Waals surface area (Å²) in [4.78, 5) is 0.562. The largest absolute Gasteiger partial charge is 0.393 e. The van der Waals surface area contributed by atoms with E-state index in [0.717, 1.165) is 19.5 Å². The Morgan fingerprint density at radius 1 is 1.78 bits per heavy atom. The molecule has 2 nitrogen and oxygen atoms in total. The maximum Gasteiger partial charge on any atom is 0.0740 e. The van der Waals surface area contributed by atoms with Gasteiger partial charge in [0, 0.05) is 19.5 Å². The average molecular weight is 144 g/mol. The van der Waals surface area contributed by atoms with Crippen molar-refractivity contribution in [1.29, 1.82) is 0 Å². The summed E-state index contributed by atoms with van der Waals surface area (Å²) in [6, 6.07) is 0. The van der Waals surface area contributed by atoms with Crippen LogP contribution in [0.3, 0.4) is 0 Å². The van der Waals surface area contributed by atoms with Gasteiger partial charge >= 0.3 is 0 Å². The van der Waals surface area contributed by atoms with Crippen LogP contribution in [0, 0.1) is 0 Å². The van der Waals surface area contributed by atoms with Crippen molar-refractivity contribution in [2.45, 2.75) is 6.42 Å². The summed E-state index contributed by atoms with van der Waals surface area (Å²) < 4.78 is 0. The molecule has 0 heterocycles. The van der Waals surface area contributed by atoms with Gasteiger partial charge in [0.1, 0.15) is 0 Å². The Bertz CT molecular complexity index is 101. The molecule has 0 aliphatic heterocycles. The zero-order chi connectivity index (χ0) is 7.11. The highest BCUT2D eigenvalue weighted by molar-refractivity contribution is 7.80. The summed E-state index contributed by atoms with van der Waals surface area (Å²) in [7, 11) is 0. The molecule has 0 aliphatic rings. The molecule has 0 spiro atoms. The predicted octanol–water partition coefficient (Wildman–Crippen LogP) is 0.438. The quantitative estimate of drug-likeness (QED) is 0.334. The molecule has 0 atom stereocenters. The molecule has 3 heteroatoms. The first-order chi connectivity index (χ1) is 4.27. The van der Waals surface area contributed by atoms with Crippen LogP contribution >= 0.6 is 12.2 Å². The van der Waals surface area contributed by atoms with E-state index in [1.54, 1.807) is 6.08 Å². The minimum absolute atomic E-state index is 0.562. The van der Waals surface area contributed by atoms with Gasteiger partial charge in [-0.25, -0.2) is 0 Å². The van der Waals surface area contributed by atoms with Gasteiger partial charge in [0.05, 0.1) is 4.99 Å². The second-order valence-corrected chi connectivity index (χ2v) is 2.23. The number of rotatable bonds is 5. The normalized spacial score (nSPS) is 8.89. The lowest BCUT2D eigenvalue weighted by molar-refractivity contribution is 0.771. The van der Waals surface area contributed by atoms with E-state index in [2.05, 4.69) is 24.1 Å². The Morgan fingerprint density at radius 2 is 2.44 bits per heavy atom. The van der Waals surface area contributed by atoms with E-state index in [-0.39, 0.29) is 0 Å². The highest BCUT2D eigenvalue weighted by Crippen LogP contribution is 1.74. The van der Waals surface area contributed by atoms with Crippen LogP contribution in [-0.4, -0.2) is 18.1 Å². The first-order valence-electron chi connectivity index (χ1n) is 2.87. The van der Waals surface area contributed by atoms with E-state index >= 15 is 0 Å². The van der Waals surface area contributed by atoms with E-state index < -0.39 is 0 Å². The van der Waals surface area contributed by atoms with Crippen molar-refractivity contribution < 1.29 is 0 Å². The molecule has 52 valence electrons. The molecular weight excluding hydrogens is 132 g/mol. The molecule has 0 saturated carbocycles. The van der Waals surface area contributed by atoms with E-state index in [1.807, 2.05) is 0 Å². The minimum Gasteiger partial charge on any atom is -0.393 e. The van der Waals surface area contributed by atoms with Gasteiger partial charge in [0.2, 0.25) is 0 Å². The molecule has 0 amide bonds. The SMILES string of the molecule is C=CCNCCC(N)=S. The Balaban J connectivity index is 2.91. The van der Waals surface area contributed by atoms with Crippen LogP contribution in [0.4, 0.5) is 0 Å². The smallest absolute Gasteiger partial charge is 0.0740 e. The zero-order valence-electron chi connectivity index (χ0n) is 5.39. The third-order valence-corrected chi connectivity index (χ3v) is 1.04. The molecule has 0 bridgehead atoms. The van der Waals surface area contributed by atoms with Crippen molar-refractivity contribution in [2.75, 3.05) is 13.1 Å². The van der Waals surface area contributed by atoms with Crippen LogP contribution in [-0.2, 0) is 0 Å². The summed E-state index contributed by atoms with van der Waals surface area (Å²) in [5.41, 5.74) is 5.24. The van der Waals surface area contributed by atoms with Gasteiger partial charge in [0.15, 0.2) is 0 Å².